The maximum atomic E-state index is 13.7. The highest BCUT2D eigenvalue weighted by Gasteiger charge is 2.48. The van der Waals surface area contributed by atoms with Gasteiger partial charge in [0.1, 0.15) is 11.2 Å². The molecular weight excluding hydrogens is 416 g/mol. The average molecular weight is 455 g/mol. The van der Waals surface area contributed by atoms with Crippen LogP contribution in [0.25, 0.3) is 11.1 Å². The number of nitrogens with zero attached hydrogens (tertiary/aromatic N) is 3. The molecule has 180 valence electrons. The van der Waals surface area contributed by atoms with Gasteiger partial charge >= 0.3 is 0 Å². The van der Waals surface area contributed by atoms with Gasteiger partial charge in [0.05, 0.1) is 18.3 Å². The molecular formula is C26H38N4O3. The number of hydrogen-bond acceptors (Lipinski definition) is 4. The number of amides is 2. The van der Waals surface area contributed by atoms with Crippen LogP contribution in [0.2, 0.25) is 0 Å². The minimum atomic E-state index is -0.918. The number of rotatable bonds is 6. The van der Waals surface area contributed by atoms with E-state index in [4.69, 9.17) is 4.42 Å². The molecule has 1 N–H and O–H groups in total. The number of hydrogen-bond donors (Lipinski definition) is 1. The highest BCUT2D eigenvalue weighted by Crippen LogP contribution is 2.33. The van der Waals surface area contributed by atoms with Crippen molar-refractivity contribution in [1.29, 1.82) is 0 Å². The van der Waals surface area contributed by atoms with E-state index in [1.165, 1.54) is 25.7 Å². The summed E-state index contributed by atoms with van der Waals surface area (Å²) in [7, 11) is 0. The normalized spacial score (nSPS) is 27.2. The molecule has 1 aliphatic carbocycles. The first-order valence-corrected chi connectivity index (χ1v) is 12.9. The summed E-state index contributed by atoms with van der Waals surface area (Å²) in [6.45, 7) is 7.39. The van der Waals surface area contributed by atoms with Gasteiger partial charge in [-0.2, -0.15) is 0 Å². The fraction of sp³-hybridized carbons (Fsp3) is 0.692. The molecule has 1 saturated carbocycles. The Morgan fingerprint density at radius 2 is 1.94 bits per heavy atom. The van der Waals surface area contributed by atoms with Crippen molar-refractivity contribution in [3.8, 4) is 0 Å². The highest BCUT2D eigenvalue weighted by molar-refractivity contribution is 6.02. The van der Waals surface area contributed by atoms with Gasteiger partial charge in [-0.25, -0.2) is 0 Å². The van der Waals surface area contributed by atoms with Crippen LogP contribution < -0.4 is 5.32 Å². The van der Waals surface area contributed by atoms with Gasteiger partial charge < -0.3 is 24.1 Å². The van der Waals surface area contributed by atoms with Crippen molar-refractivity contribution in [1.82, 2.24) is 19.7 Å². The minimum Gasteiger partial charge on any atom is -0.463 e. The van der Waals surface area contributed by atoms with Crippen molar-refractivity contribution in [3.05, 3.63) is 24.1 Å². The van der Waals surface area contributed by atoms with E-state index in [0.717, 1.165) is 50.7 Å². The Labute approximate surface area is 196 Å². The SMILES string of the molecule is CC1CCCCN1CCCN1C(=O)c2cc3occc3n2CC1(C)C(=O)NC1CCCCC1. The Hall–Kier alpha value is -2.28. The fourth-order valence-electron chi connectivity index (χ4n) is 6.13. The van der Waals surface area contributed by atoms with Crippen LogP contribution in [0.1, 0.15) is 82.1 Å². The Morgan fingerprint density at radius 1 is 1.15 bits per heavy atom. The smallest absolute Gasteiger partial charge is 0.271 e. The van der Waals surface area contributed by atoms with Gasteiger partial charge in [0.15, 0.2) is 5.58 Å². The lowest BCUT2D eigenvalue weighted by atomic mass is 9.91. The molecule has 7 heteroatoms. The maximum absolute atomic E-state index is 13.7. The molecule has 0 radical (unpaired) electrons. The number of carbonyl (C=O) groups is 2. The zero-order chi connectivity index (χ0) is 23.0. The first-order chi connectivity index (χ1) is 16.0. The standard InChI is InChI=1S/C26H38N4O3/c1-19-9-6-7-13-28(19)14-8-15-30-24(31)22-17-23-21(12-16-33-23)29(22)18-26(30,2)25(32)27-20-10-4-3-5-11-20/h12,16-17,19-20H,3-11,13-15,18H2,1-2H3,(H,27,32). The molecule has 2 fully saturated rings. The van der Waals surface area contributed by atoms with Crippen LogP contribution in [0.5, 0.6) is 0 Å². The number of fused-ring (bicyclic) bond motifs is 3. The highest BCUT2D eigenvalue weighted by atomic mass is 16.3. The van der Waals surface area contributed by atoms with E-state index in [0.29, 0.717) is 30.4 Å². The Kier molecular flexibility index (Phi) is 6.25. The van der Waals surface area contributed by atoms with E-state index in [1.807, 2.05) is 28.5 Å². The molecule has 2 amide bonds. The fourth-order valence-corrected chi connectivity index (χ4v) is 6.13. The van der Waals surface area contributed by atoms with Crippen LogP contribution in [0.4, 0.5) is 0 Å². The monoisotopic (exact) mass is 454 g/mol. The van der Waals surface area contributed by atoms with Crippen molar-refractivity contribution in [2.24, 2.45) is 0 Å². The number of furan rings is 1. The lowest BCUT2D eigenvalue weighted by molar-refractivity contribution is -0.133. The van der Waals surface area contributed by atoms with E-state index in [9.17, 15) is 9.59 Å². The van der Waals surface area contributed by atoms with Crippen molar-refractivity contribution in [2.45, 2.75) is 95.8 Å². The molecule has 2 aliphatic heterocycles. The second-order valence-corrected chi connectivity index (χ2v) is 10.6. The van der Waals surface area contributed by atoms with Gasteiger partial charge in [-0.15, -0.1) is 0 Å². The number of likely N-dealkylation sites (tertiary alicyclic amines) is 1. The largest absolute Gasteiger partial charge is 0.463 e. The molecule has 0 spiro atoms. The van der Waals surface area contributed by atoms with Crippen LogP contribution in [0.3, 0.4) is 0 Å². The first-order valence-electron chi connectivity index (χ1n) is 12.9. The third-order valence-corrected chi connectivity index (χ3v) is 8.25. The van der Waals surface area contributed by atoms with Crippen molar-refractivity contribution in [2.75, 3.05) is 19.6 Å². The molecule has 4 heterocycles. The summed E-state index contributed by atoms with van der Waals surface area (Å²) in [6.07, 6.45) is 12.0. The predicted octanol–water partition coefficient (Wildman–Crippen LogP) is 4.16. The first kappa shape index (κ1) is 22.5. The minimum absolute atomic E-state index is 0.0231. The van der Waals surface area contributed by atoms with E-state index in [2.05, 4.69) is 17.1 Å². The number of aromatic nitrogens is 1. The van der Waals surface area contributed by atoms with Gasteiger partial charge in [-0.05, 0) is 52.5 Å². The molecule has 0 bridgehead atoms. The summed E-state index contributed by atoms with van der Waals surface area (Å²) >= 11 is 0. The van der Waals surface area contributed by atoms with Crippen molar-refractivity contribution < 1.29 is 14.0 Å². The predicted molar refractivity (Wildman–Crippen MR) is 128 cm³/mol. The molecule has 1 saturated heterocycles. The van der Waals surface area contributed by atoms with Gasteiger partial charge in [-0.3, -0.25) is 9.59 Å². The van der Waals surface area contributed by atoms with Crippen LogP contribution in [-0.2, 0) is 11.3 Å². The van der Waals surface area contributed by atoms with Gasteiger partial charge in [-0.1, -0.05) is 25.7 Å². The second-order valence-electron chi connectivity index (χ2n) is 10.6. The third kappa shape index (κ3) is 4.20. The van der Waals surface area contributed by atoms with E-state index in [-0.39, 0.29) is 17.9 Å². The van der Waals surface area contributed by atoms with Gasteiger partial charge in [0.25, 0.3) is 5.91 Å². The number of nitrogens with one attached hydrogen (secondary N) is 1. The lowest BCUT2D eigenvalue weighted by Crippen LogP contribution is -2.65. The summed E-state index contributed by atoms with van der Waals surface area (Å²) in [5.74, 6) is -0.0919. The summed E-state index contributed by atoms with van der Waals surface area (Å²) in [4.78, 5) is 31.8. The molecule has 2 atom stereocenters. The van der Waals surface area contributed by atoms with Gasteiger partial charge in [0, 0.05) is 37.3 Å². The van der Waals surface area contributed by atoms with E-state index >= 15 is 0 Å². The Balaban J connectivity index is 1.38. The quantitative estimate of drug-likeness (QED) is 0.711. The molecule has 3 aliphatic rings. The second kappa shape index (κ2) is 9.16. The lowest BCUT2D eigenvalue weighted by Gasteiger charge is -2.45. The molecule has 2 aromatic heterocycles. The summed E-state index contributed by atoms with van der Waals surface area (Å²) in [6, 6.07) is 4.53. The zero-order valence-corrected chi connectivity index (χ0v) is 20.1. The number of piperidine rings is 1. The molecule has 2 unspecified atom stereocenters. The molecule has 7 nitrogen and oxygen atoms in total. The molecule has 2 aromatic rings. The van der Waals surface area contributed by atoms with Crippen molar-refractivity contribution >= 4 is 22.9 Å². The number of carbonyl (C=O) groups excluding carboxylic acids is 2. The Morgan fingerprint density at radius 3 is 2.73 bits per heavy atom. The van der Waals surface area contributed by atoms with Crippen molar-refractivity contribution in [3.63, 3.8) is 0 Å². The molecule has 5 rings (SSSR count). The van der Waals surface area contributed by atoms with Gasteiger partial charge in [0.2, 0.25) is 5.91 Å². The van der Waals surface area contributed by atoms with Crippen LogP contribution in [0.15, 0.2) is 22.8 Å². The molecule has 0 aromatic carbocycles. The van der Waals surface area contributed by atoms with E-state index in [1.54, 1.807) is 6.26 Å². The maximum Gasteiger partial charge on any atom is 0.271 e. The van der Waals surface area contributed by atoms with E-state index < -0.39 is 5.54 Å². The summed E-state index contributed by atoms with van der Waals surface area (Å²) < 4.78 is 7.55. The third-order valence-electron chi connectivity index (χ3n) is 8.25. The van der Waals surface area contributed by atoms with Crippen LogP contribution in [-0.4, -0.2) is 63.4 Å². The summed E-state index contributed by atoms with van der Waals surface area (Å²) in [5, 5.41) is 3.31. The van der Waals surface area contributed by atoms with Crippen LogP contribution in [0, 0.1) is 0 Å². The Bertz CT molecular complexity index is 1000. The topological polar surface area (TPSA) is 70.7 Å². The zero-order valence-electron chi connectivity index (χ0n) is 20.1. The average Bonchev–Trinajstić information content (AvgIpc) is 3.40. The van der Waals surface area contributed by atoms with Crippen LogP contribution >= 0.6 is 0 Å². The summed E-state index contributed by atoms with van der Waals surface area (Å²) in [5.41, 5.74) is 1.30. The molecule has 33 heavy (non-hydrogen) atoms.